The van der Waals surface area contributed by atoms with Crippen molar-refractivity contribution in [2.45, 2.75) is 37.4 Å². The largest absolute Gasteiger partial charge is 0.486 e. The molecule has 0 amide bonds. The molecule has 0 saturated heterocycles. The van der Waals surface area contributed by atoms with Gasteiger partial charge >= 0.3 is 0 Å². The first kappa shape index (κ1) is 21.5. The molecule has 0 fully saturated rings. The number of pyridine rings is 1. The molecule has 0 saturated carbocycles. The van der Waals surface area contributed by atoms with Crippen LogP contribution >= 0.6 is 11.8 Å². The van der Waals surface area contributed by atoms with Crippen molar-refractivity contribution < 1.29 is 9.47 Å². The molecule has 31 heavy (non-hydrogen) atoms. The number of benzene rings is 1. The van der Waals surface area contributed by atoms with E-state index in [1.165, 1.54) is 0 Å². The molecule has 3 aromatic rings. The number of anilines is 1. The van der Waals surface area contributed by atoms with Crippen LogP contribution in [0.2, 0.25) is 0 Å². The number of nitrogens with zero attached hydrogens (tertiary/aromatic N) is 3. The summed E-state index contributed by atoms with van der Waals surface area (Å²) in [7, 11) is 0. The number of aromatic nitrogens is 3. The van der Waals surface area contributed by atoms with Gasteiger partial charge in [0.05, 0.1) is 5.52 Å². The molecule has 7 nitrogen and oxygen atoms in total. The maximum absolute atomic E-state index is 6.13. The van der Waals surface area contributed by atoms with Crippen LogP contribution in [0.4, 0.5) is 5.82 Å². The first-order valence-corrected chi connectivity index (χ1v) is 11.2. The van der Waals surface area contributed by atoms with Gasteiger partial charge in [0.1, 0.15) is 18.7 Å². The van der Waals surface area contributed by atoms with Crippen LogP contribution in [0.15, 0.2) is 41.0 Å². The Labute approximate surface area is 187 Å². The number of fused-ring (bicyclic) bond motifs is 2. The number of nitrogen functional groups attached to an aromatic ring is 1. The van der Waals surface area contributed by atoms with E-state index >= 15 is 0 Å². The van der Waals surface area contributed by atoms with E-state index in [4.69, 9.17) is 20.2 Å². The average molecular weight is 440 g/mol. The van der Waals surface area contributed by atoms with Gasteiger partial charge in [-0.05, 0) is 29.2 Å². The van der Waals surface area contributed by atoms with E-state index < -0.39 is 0 Å². The number of rotatable bonds is 7. The van der Waals surface area contributed by atoms with Gasteiger partial charge in [0.15, 0.2) is 22.5 Å². The van der Waals surface area contributed by atoms with Crippen LogP contribution in [0.3, 0.4) is 0 Å². The van der Waals surface area contributed by atoms with E-state index in [9.17, 15) is 0 Å². The number of ether oxygens (including phenoxy) is 2. The molecule has 3 heterocycles. The molecule has 164 valence electrons. The van der Waals surface area contributed by atoms with Crippen molar-refractivity contribution in [3.05, 3.63) is 36.5 Å². The average Bonchev–Trinajstić information content (AvgIpc) is 3.08. The van der Waals surface area contributed by atoms with E-state index in [2.05, 4.69) is 42.2 Å². The first-order chi connectivity index (χ1) is 14.9. The quantitative estimate of drug-likeness (QED) is 0.533. The number of imidazole rings is 1. The van der Waals surface area contributed by atoms with Crippen molar-refractivity contribution in [2.24, 2.45) is 5.41 Å². The van der Waals surface area contributed by atoms with Crippen LogP contribution < -0.4 is 20.5 Å². The van der Waals surface area contributed by atoms with Crippen molar-refractivity contribution in [3.63, 3.8) is 0 Å². The summed E-state index contributed by atoms with van der Waals surface area (Å²) in [5, 5.41) is 4.39. The van der Waals surface area contributed by atoms with Crippen LogP contribution in [0.1, 0.15) is 26.3 Å². The maximum atomic E-state index is 6.13. The molecule has 0 spiro atoms. The fraction of sp³-hybridized carbons (Fsp3) is 0.391. The Kier molecular flexibility index (Phi) is 6.11. The van der Waals surface area contributed by atoms with Crippen LogP contribution in [0.5, 0.6) is 11.5 Å². The Hall–Kier alpha value is -2.71. The third-order valence-electron chi connectivity index (χ3n) is 4.92. The minimum absolute atomic E-state index is 0.229. The second kappa shape index (κ2) is 8.80. The van der Waals surface area contributed by atoms with E-state index in [1.807, 2.05) is 24.3 Å². The zero-order chi connectivity index (χ0) is 22.0. The molecule has 3 N–H and O–H groups in total. The Bertz CT molecular complexity index is 1100. The fourth-order valence-corrected chi connectivity index (χ4v) is 4.49. The van der Waals surface area contributed by atoms with Gasteiger partial charge in [-0.2, -0.15) is 0 Å². The molecule has 4 rings (SSSR count). The highest BCUT2D eigenvalue weighted by Crippen LogP contribution is 2.40. The lowest BCUT2D eigenvalue weighted by molar-refractivity contribution is 0.171. The van der Waals surface area contributed by atoms with E-state index in [1.54, 1.807) is 18.0 Å². The minimum atomic E-state index is 0.229. The number of hydrogen-bond acceptors (Lipinski definition) is 7. The molecule has 1 aliphatic rings. The van der Waals surface area contributed by atoms with Gasteiger partial charge in [0, 0.05) is 30.7 Å². The van der Waals surface area contributed by atoms with Gasteiger partial charge in [-0.25, -0.2) is 9.97 Å². The third-order valence-corrected chi connectivity index (χ3v) is 5.99. The molecule has 0 aliphatic carbocycles. The summed E-state index contributed by atoms with van der Waals surface area (Å²) in [5.74, 6) is 1.93. The zero-order valence-electron chi connectivity index (χ0n) is 18.3. The van der Waals surface area contributed by atoms with E-state index in [-0.39, 0.29) is 5.41 Å². The zero-order valence-corrected chi connectivity index (χ0v) is 19.1. The highest BCUT2D eigenvalue weighted by Gasteiger charge is 2.19. The number of hydrogen-bond donors (Lipinski definition) is 2. The molecular formula is C23H29N5O2S. The van der Waals surface area contributed by atoms with Crippen LogP contribution in [-0.4, -0.2) is 40.8 Å². The Morgan fingerprint density at radius 2 is 2.00 bits per heavy atom. The number of nitrogens with one attached hydrogen (secondary N) is 1. The summed E-state index contributed by atoms with van der Waals surface area (Å²) in [4.78, 5) is 10.0. The van der Waals surface area contributed by atoms with Gasteiger partial charge in [-0.15, -0.1) is 0 Å². The highest BCUT2D eigenvalue weighted by molar-refractivity contribution is 7.99. The smallest absolute Gasteiger partial charge is 0.174 e. The summed E-state index contributed by atoms with van der Waals surface area (Å²) < 4.78 is 13.7. The summed E-state index contributed by atoms with van der Waals surface area (Å²) in [6, 6.07) is 5.93. The maximum Gasteiger partial charge on any atom is 0.174 e. The molecule has 0 atom stereocenters. The Morgan fingerprint density at radius 3 is 2.71 bits per heavy atom. The fourth-order valence-electron chi connectivity index (χ4n) is 3.43. The normalized spacial score (nSPS) is 13.5. The molecule has 1 aromatic carbocycles. The molecule has 1 aliphatic heterocycles. The molecular weight excluding hydrogens is 410 g/mol. The van der Waals surface area contributed by atoms with Crippen LogP contribution in [-0.2, 0) is 6.54 Å². The molecule has 2 aromatic heterocycles. The van der Waals surface area contributed by atoms with Crippen molar-refractivity contribution in [2.75, 3.05) is 32.0 Å². The Morgan fingerprint density at radius 1 is 1.26 bits per heavy atom. The van der Waals surface area contributed by atoms with Crippen molar-refractivity contribution >= 4 is 34.7 Å². The van der Waals surface area contributed by atoms with E-state index in [0.29, 0.717) is 19.0 Å². The third kappa shape index (κ3) is 4.80. The standard InChI is InChI=1S/C23H29N5O2S/c1-5-15-12-17-18(30-11-10-29-17)13-19(15)31-22-27-20-16(6-7-26-21(20)24)28(22)9-8-25-14-23(2,3)4/h5-7,12-13,25H,1,8-11,14H2,2-4H3,(H2,24,26). The summed E-state index contributed by atoms with van der Waals surface area (Å²) in [6.45, 7) is 14.3. The predicted molar refractivity (Wildman–Crippen MR) is 126 cm³/mol. The lowest BCUT2D eigenvalue weighted by atomic mass is 9.97. The first-order valence-electron chi connectivity index (χ1n) is 10.4. The van der Waals surface area contributed by atoms with Crippen molar-refractivity contribution in [1.82, 2.24) is 19.9 Å². The lowest BCUT2D eigenvalue weighted by Crippen LogP contribution is -2.29. The van der Waals surface area contributed by atoms with Gasteiger partial charge in [-0.1, -0.05) is 45.2 Å². The summed E-state index contributed by atoms with van der Waals surface area (Å²) in [5.41, 5.74) is 9.03. The van der Waals surface area contributed by atoms with Gasteiger partial charge in [0.25, 0.3) is 0 Å². The molecule has 0 bridgehead atoms. The Balaban J connectivity index is 1.67. The lowest BCUT2D eigenvalue weighted by Gasteiger charge is -2.20. The van der Waals surface area contributed by atoms with Crippen molar-refractivity contribution in [1.29, 1.82) is 0 Å². The second-order valence-corrected chi connectivity index (χ2v) is 9.70. The van der Waals surface area contributed by atoms with Gasteiger partial charge < -0.3 is 25.1 Å². The van der Waals surface area contributed by atoms with E-state index in [0.717, 1.165) is 57.8 Å². The predicted octanol–water partition coefficient (Wildman–Crippen LogP) is 4.21. The van der Waals surface area contributed by atoms with Crippen LogP contribution in [0.25, 0.3) is 17.1 Å². The molecule has 8 heteroatoms. The minimum Gasteiger partial charge on any atom is -0.486 e. The number of nitrogens with two attached hydrogens (primary N) is 1. The summed E-state index contributed by atoms with van der Waals surface area (Å²) in [6.07, 6.45) is 3.56. The summed E-state index contributed by atoms with van der Waals surface area (Å²) >= 11 is 1.57. The second-order valence-electron chi connectivity index (χ2n) is 8.69. The van der Waals surface area contributed by atoms with Crippen LogP contribution in [0, 0.1) is 5.41 Å². The van der Waals surface area contributed by atoms with Gasteiger partial charge in [-0.3, -0.25) is 0 Å². The topological polar surface area (TPSA) is 87.2 Å². The monoisotopic (exact) mass is 439 g/mol. The molecule has 0 unspecified atom stereocenters. The highest BCUT2D eigenvalue weighted by atomic mass is 32.2. The van der Waals surface area contributed by atoms with Crippen molar-refractivity contribution in [3.8, 4) is 11.5 Å². The van der Waals surface area contributed by atoms with Gasteiger partial charge in [0.2, 0.25) is 0 Å². The molecule has 0 radical (unpaired) electrons. The SMILES string of the molecule is C=Cc1cc2c(cc1Sc1nc3c(N)nccc3n1CCNCC(C)(C)C)OCCO2.